The maximum absolute atomic E-state index is 12.5. The van der Waals surface area contributed by atoms with Gasteiger partial charge in [0.1, 0.15) is 5.75 Å². The fourth-order valence-corrected chi connectivity index (χ4v) is 3.77. The average molecular weight is 353 g/mol. The second-order valence-electron chi connectivity index (χ2n) is 5.93. The third-order valence-electron chi connectivity index (χ3n) is 4.63. The Bertz CT molecular complexity index is 521. The molecule has 0 atom stereocenters. The van der Waals surface area contributed by atoms with Crippen LogP contribution in [-0.2, 0) is 0 Å². The van der Waals surface area contributed by atoms with E-state index in [1.165, 1.54) is 25.7 Å². The summed E-state index contributed by atoms with van der Waals surface area (Å²) in [5, 5.41) is 9.88. The van der Waals surface area contributed by atoms with Gasteiger partial charge in [0.25, 0.3) is 5.91 Å². The number of hydrogen-bond donors (Lipinski definition) is 1. The molecule has 1 heterocycles. The lowest BCUT2D eigenvalue weighted by atomic mass is 10.1. The highest BCUT2D eigenvalue weighted by molar-refractivity contribution is 9.10. The number of carbonyl (C=O) groups is 1. The summed E-state index contributed by atoms with van der Waals surface area (Å²) in [6.45, 7) is 3.40. The third kappa shape index (κ3) is 3.24. The molecule has 21 heavy (non-hydrogen) atoms. The number of benzene rings is 1. The zero-order chi connectivity index (χ0) is 14.8. The molecule has 1 aliphatic carbocycles. The molecular weight excluding hydrogens is 332 g/mol. The van der Waals surface area contributed by atoms with Crippen molar-refractivity contribution >= 4 is 21.8 Å². The summed E-state index contributed by atoms with van der Waals surface area (Å²) in [5.41, 5.74) is 0.388. The Morgan fingerprint density at radius 1 is 1.14 bits per heavy atom. The molecule has 5 heteroatoms. The maximum Gasteiger partial charge on any atom is 0.257 e. The molecule has 1 N–H and O–H groups in total. The number of aromatic hydroxyl groups is 1. The molecule has 2 fully saturated rings. The van der Waals surface area contributed by atoms with Crippen LogP contribution in [0.1, 0.15) is 36.0 Å². The molecule has 1 aliphatic heterocycles. The van der Waals surface area contributed by atoms with Gasteiger partial charge < -0.3 is 10.0 Å². The van der Waals surface area contributed by atoms with E-state index in [-0.39, 0.29) is 11.7 Å². The molecular formula is C16H21BrN2O2. The zero-order valence-corrected chi connectivity index (χ0v) is 13.7. The molecule has 1 aromatic carbocycles. The lowest BCUT2D eigenvalue weighted by Crippen LogP contribution is -2.51. The Hall–Kier alpha value is -1.07. The molecule has 1 amide bonds. The van der Waals surface area contributed by atoms with E-state index in [0.29, 0.717) is 5.56 Å². The van der Waals surface area contributed by atoms with E-state index in [1.54, 1.807) is 18.2 Å². The predicted molar refractivity (Wildman–Crippen MR) is 85.5 cm³/mol. The lowest BCUT2D eigenvalue weighted by Gasteiger charge is -2.38. The van der Waals surface area contributed by atoms with Gasteiger partial charge in [0.05, 0.1) is 5.56 Å². The molecule has 114 valence electrons. The van der Waals surface area contributed by atoms with Gasteiger partial charge in [-0.25, -0.2) is 0 Å². The van der Waals surface area contributed by atoms with Crippen LogP contribution in [-0.4, -0.2) is 53.0 Å². The van der Waals surface area contributed by atoms with Crippen molar-refractivity contribution in [3.8, 4) is 5.75 Å². The van der Waals surface area contributed by atoms with Gasteiger partial charge in [0, 0.05) is 36.7 Å². The summed E-state index contributed by atoms with van der Waals surface area (Å²) in [4.78, 5) is 16.9. The average Bonchev–Trinajstić information content (AvgIpc) is 3.03. The van der Waals surface area contributed by atoms with E-state index < -0.39 is 0 Å². The van der Waals surface area contributed by atoms with Gasteiger partial charge in [0.2, 0.25) is 0 Å². The van der Waals surface area contributed by atoms with Crippen LogP contribution >= 0.6 is 15.9 Å². The summed E-state index contributed by atoms with van der Waals surface area (Å²) in [6, 6.07) is 5.72. The predicted octanol–water partition coefficient (Wildman–Crippen LogP) is 2.86. The van der Waals surface area contributed by atoms with Crippen molar-refractivity contribution in [1.82, 2.24) is 9.80 Å². The van der Waals surface area contributed by atoms with E-state index in [0.717, 1.165) is 36.7 Å². The van der Waals surface area contributed by atoms with E-state index in [1.807, 2.05) is 4.90 Å². The van der Waals surface area contributed by atoms with Crippen LogP contribution in [0.3, 0.4) is 0 Å². The van der Waals surface area contributed by atoms with Crippen molar-refractivity contribution in [3.05, 3.63) is 28.2 Å². The van der Waals surface area contributed by atoms with Gasteiger partial charge >= 0.3 is 0 Å². The van der Waals surface area contributed by atoms with Gasteiger partial charge in [0.15, 0.2) is 0 Å². The van der Waals surface area contributed by atoms with Crippen LogP contribution in [0, 0.1) is 0 Å². The number of amides is 1. The Morgan fingerprint density at radius 2 is 1.81 bits per heavy atom. The molecule has 1 saturated heterocycles. The van der Waals surface area contributed by atoms with Crippen LogP contribution in [0.4, 0.5) is 0 Å². The molecule has 0 spiro atoms. The van der Waals surface area contributed by atoms with Gasteiger partial charge in [-0.1, -0.05) is 28.8 Å². The van der Waals surface area contributed by atoms with E-state index in [9.17, 15) is 9.90 Å². The van der Waals surface area contributed by atoms with Gasteiger partial charge in [-0.15, -0.1) is 0 Å². The van der Waals surface area contributed by atoms with Crippen molar-refractivity contribution in [2.24, 2.45) is 0 Å². The Kier molecular flexibility index (Phi) is 4.50. The highest BCUT2D eigenvalue weighted by Gasteiger charge is 2.28. The van der Waals surface area contributed by atoms with Crippen molar-refractivity contribution in [2.75, 3.05) is 26.2 Å². The van der Waals surface area contributed by atoms with Crippen LogP contribution in [0.5, 0.6) is 5.75 Å². The van der Waals surface area contributed by atoms with Crippen LogP contribution in [0.2, 0.25) is 0 Å². The molecule has 1 saturated carbocycles. The number of phenols is 1. The maximum atomic E-state index is 12.5. The monoisotopic (exact) mass is 352 g/mol. The highest BCUT2D eigenvalue weighted by Crippen LogP contribution is 2.26. The molecule has 1 aromatic rings. The lowest BCUT2D eigenvalue weighted by molar-refractivity contribution is 0.0570. The van der Waals surface area contributed by atoms with Crippen LogP contribution < -0.4 is 0 Å². The largest absolute Gasteiger partial charge is 0.507 e. The minimum Gasteiger partial charge on any atom is -0.507 e. The molecule has 0 aromatic heterocycles. The summed E-state index contributed by atoms with van der Waals surface area (Å²) < 4.78 is 0.813. The Morgan fingerprint density at radius 3 is 2.48 bits per heavy atom. The fraction of sp³-hybridized carbons (Fsp3) is 0.562. The van der Waals surface area contributed by atoms with Crippen molar-refractivity contribution in [1.29, 1.82) is 0 Å². The van der Waals surface area contributed by atoms with Crippen molar-refractivity contribution in [2.45, 2.75) is 31.7 Å². The number of phenolic OH excluding ortho intramolecular Hbond substituents is 1. The molecule has 0 radical (unpaired) electrons. The molecule has 4 nitrogen and oxygen atoms in total. The summed E-state index contributed by atoms with van der Waals surface area (Å²) in [7, 11) is 0. The topological polar surface area (TPSA) is 43.8 Å². The number of carbonyl (C=O) groups excluding carboxylic acids is 1. The number of nitrogens with zero attached hydrogens (tertiary/aromatic N) is 2. The first-order chi connectivity index (χ1) is 10.1. The second kappa shape index (κ2) is 6.36. The Balaban J connectivity index is 1.63. The molecule has 3 rings (SSSR count). The first kappa shape index (κ1) is 14.9. The van der Waals surface area contributed by atoms with Gasteiger partial charge in [-0.2, -0.15) is 0 Å². The summed E-state index contributed by atoms with van der Waals surface area (Å²) in [6.07, 6.45) is 5.30. The standard InChI is InChI=1S/C16H21BrN2O2/c17-12-5-6-15(20)14(11-12)16(21)19-9-7-18(8-10-19)13-3-1-2-4-13/h5-6,11,13,20H,1-4,7-10H2. The first-order valence-electron chi connectivity index (χ1n) is 7.67. The Labute approximate surface area is 133 Å². The van der Waals surface area contributed by atoms with E-state index in [2.05, 4.69) is 20.8 Å². The van der Waals surface area contributed by atoms with E-state index >= 15 is 0 Å². The molecule has 0 unspecified atom stereocenters. The number of piperazine rings is 1. The van der Waals surface area contributed by atoms with Crippen LogP contribution in [0.25, 0.3) is 0 Å². The molecule has 2 aliphatic rings. The SMILES string of the molecule is O=C(c1cc(Br)ccc1O)N1CCN(C2CCCC2)CC1. The minimum absolute atomic E-state index is 0.0569. The quantitative estimate of drug-likeness (QED) is 0.889. The van der Waals surface area contributed by atoms with Gasteiger partial charge in [-0.3, -0.25) is 9.69 Å². The van der Waals surface area contributed by atoms with E-state index in [4.69, 9.17) is 0 Å². The number of halogens is 1. The summed E-state index contributed by atoms with van der Waals surface area (Å²) >= 11 is 3.35. The minimum atomic E-state index is -0.0696. The number of hydrogen-bond acceptors (Lipinski definition) is 3. The smallest absolute Gasteiger partial charge is 0.257 e. The summed E-state index contributed by atoms with van der Waals surface area (Å²) in [5.74, 6) is -0.0127. The highest BCUT2D eigenvalue weighted by atomic mass is 79.9. The second-order valence-corrected chi connectivity index (χ2v) is 6.84. The van der Waals surface area contributed by atoms with Gasteiger partial charge in [-0.05, 0) is 31.0 Å². The fourth-order valence-electron chi connectivity index (χ4n) is 3.41. The number of rotatable bonds is 2. The molecule has 0 bridgehead atoms. The van der Waals surface area contributed by atoms with Crippen molar-refractivity contribution in [3.63, 3.8) is 0 Å². The third-order valence-corrected chi connectivity index (χ3v) is 5.12. The first-order valence-corrected chi connectivity index (χ1v) is 8.46. The normalized spacial score (nSPS) is 20.9. The van der Waals surface area contributed by atoms with Crippen LogP contribution in [0.15, 0.2) is 22.7 Å². The zero-order valence-electron chi connectivity index (χ0n) is 12.1. The van der Waals surface area contributed by atoms with Crippen molar-refractivity contribution < 1.29 is 9.90 Å².